The first-order chi connectivity index (χ1) is 17.2. The molecule has 2 aromatic carbocycles. The molecular formula is C26H29ClN4O4S. The van der Waals surface area contributed by atoms with Crippen molar-refractivity contribution in [3.05, 3.63) is 81.7 Å². The Kier molecular flexibility index (Phi) is 6.80. The van der Waals surface area contributed by atoms with E-state index in [-0.39, 0.29) is 22.5 Å². The molecule has 8 nitrogen and oxygen atoms in total. The second-order valence-corrected chi connectivity index (χ2v) is 12.2. The predicted molar refractivity (Wildman–Crippen MR) is 141 cm³/mol. The lowest BCUT2D eigenvalue weighted by atomic mass is 10.2. The molecule has 0 bridgehead atoms. The number of anilines is 1. The molecule has 1 aromatic heterocycles. The van der Waals surface area contributed by atoms with E-state index in [4.69, 9.17) is 16.3 Å². The van der Waals surface area contributed by atoms with Crippen LogP contribution in [0.15, 0.2) is 65.6 Å². The number of nitrogens with zero attached hydrogens (tertiary/aromatic N) is 4. The van der Waals surface area contributed by atoms with Crippen molar-refractivity contribution in [1.82, 2.24) is 14.1 Å². The number of halogens is 1. The highest BCUT2D eigenvalue weighted by Gasteiger charge is 2.39. The maximum atomic E-state index is 13.5. The number of benzene rings is 2. The molecule has 0 spiro atoms. The lowest BCUT2D eigenvalue weighted by molar-refractivity contribution is 0.242. The highest BCUT2D eigenvalue weighted by molar-refractivity contribution is 7.88. The van der Waals surface area contributed by atoms with E-state index in [1.807, 2.05) is 35.2 Å². The Morgan fingerprint density at radius 3 is 2.42 bits per heavy atom. The van der Waals surface area contributed by atoms with Gasteiger partial charge in [0.25, 0.3) is 0 Å². The summed E-state index contributed by atoms with van der Waals surface area (Å²) in [6.45, 7) is 4.10. The maximum absolute atomic E-state index is 13.5. The summed E-state index contributed by atoms with van der Waals surface area (Å²) in [6.07, 6.45) is 3.75. The van der Waals surface area contributed by atoms with E-state index in [2.05, 4.69) is 12.0 Å². The zero-order chi connectivity index (χ0) is 25.3. The van der Waals surface area contributed by atoms with Gasteiger partial charge in [0.2, 0.25) is 15.8 Å². The summed E-state index contributed by atoms with van der Waals surface area (Å²) in [5.74, 6) is 0.205. The van der Waals surface area contributed by atoms with Crippen LogP contribution >= 0.6 is 11.6 Å². The van der Waals surface area contributed by atoms with Crippen molar-refractivity contribution < 1.29 is 13.2 Å². The Bertz CT molecular complexity index is 1400. The Hall–Kier alpha value is -2.88. The number of hydrogen-bond acceptors (Lipinski definition) is 6. The topological polar surface area (TPSA) is 84.7 Å². The third-order valence-corrected chi connectivity index (χ3v) is 8.89. The first-order valence-corrected chi connectivity index (χ1v) is 14.0. The Balaban J connectivity index is 1.38. The summed E-state index contributed by atoms with van der Waals surface area (Å²) >= 11 is 6.13. The lowest BCUT2D eigenvalue weighted by Crippen LogP contribution is -2.49. The van der Waals surface area contributed by atoms with Crippen molar-refractivity contribution in [2.45, 2.75) is 25.5 Å². The molecule has 0 unspecified atom stereocenters. The molecule has 5 rings (SSSR count). The first kappa shape index (κ1) is 24.8. The minimum absolute atomic E-state index is 0.0297. The van der Waals surface area contributed by atoms with Gasteiger partial charge in [0, 0.05) is 36.6 Å². The molecule has 1 saturated carbocycles. The summed E-state index contributed by atoms with van der Waals surface area (Å²) in [4.78, 5) is 15.5. The fraction of sp³-hybridized carbons (Fsp3) is 0.385. The largest absolute Gasteiger partial charge is 0.486 e. The Morgan fingerprint density at radius 1 is 1.03 bits per heavy atom. The van der Waals surface area contributed by atoms with Crippen molar-refractivity contribution in [2.75, 3.05) is 37.7 Å². The fourth-order valence-electron chi connectivity index (χ4n) is 4.27. The van der Waals surface area contributed by atoms with E-state index >= 15 is 0 Å². The third kappa shape index (κ3) is 5.43. The summed E-state index contributed by atoms with van der Waals surface area (Å²) in [7, 11) is -3.45. The van der Waals surface area contributed by atoms with Crippen molar-refractivity contribution in [1.29, 1.82) is 0 Å². The standard InChI is InChI=1S/C26H29ClN4O4S/c1-26(10-11-26)19-35-24-23(17-28-31(25(24)32)22-9-5-8-21(27)16-22)29-12-14-30(15-13-29)36(33,34)18-20-6-3-2-4-7-20/h2-9,16-17H,10-15,18-19H2,1H3. The number of hydrogen-bond donors (Lipinski definition) is 0. The van der Waals surface area contributed by atoms with E-state index in [1.165, 1.54) is 8.99 Å². The summed E-state index contributed by atoms with van der Waals surface area (Å²) < 4.78 is 34.9. The fourth-order valence-corrected chi connectivity index (χ4v) is 5.97. The highest BCUT2D eigenvalue weighted by atomic mass is 35.5. The minimum atomic E-state index is -3.45. The molecule has 1 aliphatic carbocycles. The molecule has 1 aliphatic heterocycles. The smallest absolute Gasteiger partial charge is 0.316 e. The van der Waals surface area contributed by atoms with Crippen molar-refractivity contribution >= 4 is 27.3 Å². The van der Waals surface area contributed by atoms with Gasteiger partial charge in [0.05, 0.1) is 24.2 Å². The second-order valence-electron chi connectivity index (χ2n) is 9.78. The number of rotatable bonds is 8. The first-order valence-electron chi connectivity index (χ1n) is 12.0. The Morgan fingerprint density at radius 2 is 1.75 bits per heavy atom. The summed E-state index contributed by atoms with van der Waals surface area (Å²) in [5.41, 5.74) is 1.62. The van der Waals surface area contributed by atoms with Crippen LogP contribution in [-0.4, -0.2) is 55.3 Å². The van der Waals surface area contributed by atoms with Crippen LogP contribution in [0, 0.1) is 5.41 Å². The van der Waals surface area contributed by atoms with Gasteiger partial charge in [-0.15, -0.1) is 0 Å². The van der Waals surface area contributed by atoms with Gasteiger partial charge in [0.15, 0.2) is 0 Å². The van der Waals surface area contributed by atoms with Crippen LogP contribution in [-0.2, 0) is 15.8 Å². The van der Waals surface area contributed by atoms with Crippen molar-refractivity contribution in [2.24, 2.45) is 5.41 Å². The van der Waals surface area contributed by atoms with E-state index in [1.54, 1.807) is 30.5 Å². The van der Waals surface area contributed by atoms with Crippen LogP contribution in [0.3, 0.4) is 0 Å². The third-order valence-electron chi connectivity index (χ3n) is 6.80. The lowest BCUT2D eigenvalue weighted by Gasteiger charge is -2.35. The zero-order valence-electron chi connectivity index (χ0n) is 20.1. The van der Waals surface area contributed by atoms with Gasteiger partial charge in [-0.25, -0.2) is 8.42 Å². The molecule has 0 radical (unpaired) electrons. The monoisotopic (exact) mass is 528 g/mol. The molecule has 2 heterocycles. The quantitative estimate of drug-likeness (QED) is 0.443. The number of piperazine rings is 1. The molecule has 36 heavy (non-hydrogen) atoms. The maximum Gasteiger partial charge on any atom is 0.316 e. The number of ether oxygens (including phenoxy) is 1. The van der Waals surface area contributed by atoms with Crippen LogP contribution in [0.4, 0.5) is 5.69 Å². The van der Waals surface area contributed by atoms with Crippen LogP contribution in [0.2, 0.25) is 5.02 Å². The van der Waals surface area contributed by atoms with Crippen LogP contribution in [0.25, 0.3) is 5.69 Å². The molecule has 0 amide bonds. The number of sulfonamides is 1. The van der Waals surface area contributed by atoms with E-state index in [9.17, 15) is 13.2 Å². The van der Waals surface area contributed by atoms with Gasteiger partial charge in [-0.05, 0) is 36.6 Å². The Labute approximate surface area is 216 Å². The molecule has 3 aromatic rings. The van der Waals surface area contributed by atoms with Crippen LogP contribution in [0.5, 0.6) is 5.75 Å². The average molecular weight is 529 g/mol. The number of aromatic nitrogens is 2. The van der Waals surface area contributed by atoms with E-state index in [0.717, 1.165) is 18.4 Å². The SMILES string of the molecule is CC1(COc2c(N3CCN(S(=O)(=O)Cc4ccccc4)CC3)cnn(-c3cccc(Cl)c3)c2=O)CC1. The normalized spacial score (nSPS) is 17.7. The van der Waals surface area contributed by atoms with Crippen molar-refractivity contribution in [3.8, 4) is 11.4 Å². The summed E-state index contributed by atoms with van der Waals surface area (Å²) in [6, 6.07) is 16.1. The predicted octanol–water partition coefficient (Wildman–Crippen LogP) is 3.72. The molecule has 0 atom stereocenters. The molecule has 1 saturated heterocycles. The van der Waals surface area contributed by atoms with Gasteiger partial charge in [-0.2, -0.15) is 14.1 Å². The van der Waals surface area contributed by atoms with Crippen LogP contribution < -0.4 is 15.2 Å². The van der Waals surface area contributed by atoms with Gasteiger partial charge in [0.1, 0.15) is 5.69 Å². The van der Waals surface area contributed by atoms with Crippen LogP contribution in [0.1, 0.15) is 25.3 Å². The average Bonchev–Trinajstić information content (AvgIpc) is 3.60. The minimum Gasteiger partial charge on any atom is -0.486 e. The van der Waals surface area contributed by atoms with Gasteiger partial charge >= 0.3 is 5.56 Å². The van der Waals surface area contributed by atoms with Gasteiger partial charge in [-0.3, -0.25) is 4.79 Å². The van der Waals surface area contributed by atoms with E-state index in [0.29, 0.717) is 49.2 Å². The van der Waals surface area contributed by atoms with Crippen molar-refractivity contribution in [3.63, 3.8) is 0 Å². The zero-order valence-corrected chi connectivity index (χ0v) is 21.7. The highest BCUT2D eigenvalue weighted by Crippen LogP contribution is 2.45. The molecular weight excluding hydrogens is 500 g/mol. The van der Waals surface area contributed by atoms with Gasteiger partial charge in [-0.1, -0.05) is 54.9 Å². The van der Waals surface area contributed by atoms with Gasteiger partial charge < -0.3 is 9.64 Å². The second kappa shape index (κ2) is 9.88. The molecule has 2 aliphatic rings. The molecule has 2 fully saturated rings. The molecule has 190 valence electrons. The summed E-state index contributed by atoms with van der Waals surface area (Å²) in [5, 5.41) is 4.91. The molecule has 10 heteroatoms. The van der Waals surface area contributed by atoms with E-state index < -0.39 is 10.0 Å². The molecule has 0 N–H and O–H groups in total.